The molecule has 2 aromatic carbocycles. The van der Waals surface area contributed by atoms with Crippen LogP contribution in [0.2, 0.25) is 0 Å². The van der Waals surface area contributed by atoms with Gasteiger partial charge in [-0.05, 0) is 54.4 Å². The van der Waals surface area contributed by atoms with Crippen LogP contribution in [0.5, 0.6) is 0 Å². The Bertz CT molecular complexity index is 1060. The fraction of sp³-hybridized carbons (Fsp3) is 0.444. The zero-order valence-corrected chi connectivity index (χ0v) is 19.1. The molecule has 3 aliphatic rings. The molecule has 5 rings (SSSR count). The summed E-state index contributed by atoms with van der Waals surface area (Å²) in [5.74, 6) is -1.35. The highest BCUT2D eigenvalue weighted by Crippen LogP contribution is 2.44. The van der Waals surface area contributed by atoms with E-state index in [9.17, 15) is 19.5 Å². The molecule has 0 radical (unpaired) electrons. The van der Waals surface area contributed by atoms with Gasteiger partial charge in [-0.15, -0.1) is 0 Å². The number of ether oxygens (including phenoxy) is 1. The fourth-order valence-corrected chi connectivity index (χ4v) is 5.48. The molecule has 3 N–H and O–H groups in total. The maximum Gasteiger partial charge on any atom is 0.407 e. The van der Waals surface area contributed by atoms with Crippen molar-refractivity contribution < 1.29 is 24.2 Å². The number of carboxylic acids is 1. The van der Waals surface area contributed by atoms with Gasteiger partial charge in [-0.25, -0.2) is 4.79 Å². The largest absolute Gasteiger partial charge is 0.481 e. The molecule has 2 amide bonds. The molecule has 0 saturated heterocycles. The summed E-state index contributed by atoms with van der Waals surface area (Å²) in [5.41, 5.74) is 4.10. The highest BCUT2D eigenvalue weighted by atomic mass is 16.5. The Morgan fingerprint density at radius 1 is 0.971 bits per heavy atom. The van der Waals surface area contributed by atoms with E-state index >= 15 is 0 Å². The average Bonchev–Trinajstić information content (AvgIpc) is 3.49. The first kappa shape index (κ1) is 22.4. The summed E-state index contributed by atoms with van der Waals surface area (Å²) in [7, 11) is 0. The molecule has 2 aromatic rings. The van der Waals surface area contributed by atoms with Crippen LogP contribution in [0.15, 0.2) is 48.5 Å². The number of hydrogen-bond acceptors (Lipinski definition) is 4. The van der Waals surface area contributed by atoms with Crippen LogP contribution in [-0.2, 0) is 14.3 Å². The molecule has 178 valence electrons. The summed E-state index contributed by atoms with van der Waals surface area (Å²) >= 11 is 0. The van der Waals surface area contributed by atoms with E-state index in [1.54, 1.807) is 0 Å². The Kier molecular flexibility index (Phi) is 6.02. The lowest BCUT2D eigenvalue weighted by Crippen LogP contribution is -2.45. The topological polar surface area (TPSA) is 105 Å². The molecule has 7 nitrogen and oxygen atoms in total. The van der Waals surface area contributed by atoms with Crippen molar-refractivity contribution in [2.75, 3.05) is 6.61 Å². The number of fused-ring (bicyclic) bond motifs is 3. The van der Waals surface area contributed by atoms with Crippen LogP contribution in [0.1, 0.15) is 62.0 Å². The number of benzene rings is 2. The van der Waals surface area contributed by atoms with Crippen LogP contribution < -0.4 is 10.6 Å². The molecule has 34 heavy (non-hydrogen) atoms. The minimum atomic E-state index is -0.797. The van der Waals surface area contributed by atoms with Crippen LogP contribution in [-0.4, -0.2) is 41.3 Å². The molecular weight excluding hydrogens is 432 g/mol. The number of carbonyl (C=O) groups excluding carboxylic acids is 2. The summed E-state index contributed by atoms with van der Waals surface area (Å²) in [6.07, 6.45) is 3.86. The highest BCUT2D eigenvalue weighted by molar-refractivity contribution is 5.81. The molecule has 2 atom stereocenters. The number of hydrogen-bond donors (Lipinski definition) is 3. The van der Waals surface area contributed by atoms with E-state index in [0.29, 0.717) is 12.8 Å². The SMILES string of the molecule is O=C(CC1(NC(=O)OCC2c3ccccc3-c3ccccc32)CC1)N[C@@H]1CCC[C@H](C(=O)O)C1. The van der Waals surface area contributed by atoms with Crippen molar-refractivity contribution in [3.63, 3.8) is 0 Å². The smallest absolute Gasteiger partial charge is 0.407 e. The van der Waals surface area contributed by atoms with E-state index in [1.807, 2.05) is 24.3 Å². The number of aliphatic carboxylic acids is 1. The zero-order chi connectivity index (χ0) is 23.7. The van der Waals surface area contributed by atoms with Gasteiger partial charge in [0.25, 0.3) is 0 Å². The van der Waals surface area contributed by atoms with Crippen molar-refractivity contribution >= 4 is 18.0 Å². The Hall–Kier alpha value is -3.35. The second kappa shape index (κ2) is 9.12. The van der Waals surface area contributed by atoms with Gasteiger partial charge in [-0.3, -0.25) is 9.59 Å². The van der Waals surface area contributed by atoms with Gasteiger partial charge >= 0.3 is 12.1 Å². The van der Waals surface area contributed by atoms with Crippen LogP contribution in [0.25, 0.3) is 11.1 Å². The number of carbonyl (C=O) groups is 3. The maximum absolute atomic E-state index is 12.6. The summed E-state index contributed by atoms with van der Waals surface area (Å²) in [5, 5.41) is 15.1. The third-order valence-corrected chi connectivity index (χ3v) is 7.45. The number of carboxylic acid groups (broad SMARTS) is 1. The summed E-state index contributed by atoms with van der Waals surface area (Å²) in [6.45, 7) is 0.237. The third kappa shape index (κ3) is 4.65. The van der Waals surface area contributed by atoms with Gasteiger partial charge in [0.15, 0.2) is 0 Å². The standard InChI is InChI=1S/C27H30N2O5/c30-24(28-18-7-5-6-17(14-18)25(31)32)15-27(12-13-27)29-26(33)34-16-23-21-10-3-1-8-19(21)20-9-2-4-11-22(20)23/h1-4,8-11,17-18,23H,5-7,12-16H2,(H,28,30)(H,29,33)(H,31,32)/t17-,18+/m0/s1. The Balaban J connectivity index is 1.14. The third-order valence-electron chi connectivity index (χ3n) is 7.45. The monoisotopic (exact) mass is 462 g/mol. The van der Waals surface area contributed by atoms with E-state index in [4.69, 9.17) is 4.74 Å². The van der Waals surface area contributed by atoms with Crippen molar-refractivity contribution in [1.29, 1.82) is 0 Å². The van der Waals surface area contributed by atoms with Crippen LogP contribution in [0, 0.1) is 5.92 Å². The molecule has 2 saturated carbocycles. The van der Waals surface area contributed by atoms with Gasteiger partial charge in [-0.2, -0.15) is 0 Å². The molecular formula is C27H30N2O5. The van der Waals surface area contributed by atoms with Crippen molar-refractivity contribution in [2.24, 2.45) is 5.92 Å². The van der Waals surface area contributed by atoms with Crippen molar-refractivity contribution in [3.05, 3.63) is 59.7 Å². The van der Waals surface area contributed by atoms with Crippen LogP contribution in [0.3, 0.4) is 0 Å². The minimum Gasteiger partial charge on any atom is -0.481 e. The van der Waals surface area contributed by atoms with Gasteiger partial charge in [0.1, 0.15) is 6.61 Å². The second-order valence-corrected chi connectivity index (χ2v) is 9.87. The molecule has 3 aliphatic carbocycles. The van der Waals surface area contributed by atoms with Gasteiger partial charge < -0.3 is 20.5 Å². The molecule has 0 bridgehead atoms. The molecule has 0 aromatic heterocycles. The Labute approximate surface area is 198 Å². The Morgan fingerprint density at radius 2 is 1.62 bits per heavy atom. The lowest BCUT2D eigenvalue weighted by molar-refractivity contribution is -0.143. The molecule has 0 spiro atoms. The van der Waals surface area contributed by atoms with Crippen molar-refractivity contribution in [2.45, 2.75) is 62.4 Å². The molecule has 0 unspecified atom stereocenters. The molecule has 2 fully saturated rings. The molecule has 7 heteroatoms. The van der Waals surface area contributed by atoms with Gasteiger partial charge in [-0.1, -0.05) is 55.0 Å². The van der Waals surface area contributed by atoms with Crippen LogP contribution in [0.4, 0.5) is 4.79 Å². The van der Waals surface area contributed by atoms with Crippen molar-refractivity contribution in [3.8, 4) is 11.1 Å². The second-order valence-electron chi connectivity index (χ2n) is 9.87. The van der Waals surface area contributed by atoms with Gasteiger partial charge in [0.2, 0.25) is 5.91 Å². The van der Waals surface area contributed by atoms with E-state index in [0.717, 1.165) is 36.8 Å². The predicted molar refractivity (Wildman–Crippen MR) is 126 cm³/mol. The number of amides is 2. The lowest BCUT2D eigenvalue weighted by Gasteiger charge is -2.28. The van der Waals surface area contributed by atoms with Crippen molar-refractivity contribution in [1.82, 2.24) is 10.6 Å². The minimum absolute atomic E-state index is 0.00918. The first-order chi connectivity index (χ1) is 16.4. The Morgan fingerprint density at radius 3 is 2.24 bits per heavy atom. The normalized spacial score (nSPS) is 22.2. The highest BCUT2D eigenvalue weighted by Gasteiger charge is 2.46. The molecule has 0 heterocycles. The number of rotatable bonds is 7. The number of alkyl carbamates (subject to hydrolysis) is 1. The van der Waals surface area contributed by atoms with Gasteiger partial charge in [0.05, 0.1) is 11.5 Å². The van der Waals surface area contributed by atoms with E-state index in [1.165, 1.54) is 11.1 Å². The maximum atomic E-state index is 12.6. The van der Waals surface area contributed by atoms with Gasteiger partial charge in [0, 0.05) is 18.4 Å². The average molecular weight is 463 g/mol. The first-order valence-electron chi connectivity index (χ1n) is 12.1. The van der Waals surface area contributed by atoms with E-state index in [-0.39, 0.29) is 30.9 Å². The lowest BCUT2D eigenvalue weighted by atomic mass is 9.85. The quantitative estimate of drug-likeness (QED) is 0.572. The van der Waals surface area contributed by atoms with E-state index < -0.39 is 23.5 Å². The first-order valence-corrected chi connectivity index (χ1v) is 12.1. The zero-order valence-electron chi connectivity index (χ0n) is 19.1. The fourth-order valence-electron chi connectivity index (χ4n) is 5.48. The predicted octanol–water partition coefficient (Wildman–Crippen LogP) is 4.21. The summed E-state index contributed by atoms with van der Waals surface area (Å²) < 4.78 is 5.64. The summed E-state index contributed by atoms with van der Waals surface area (Å²) in [6, 6.07) is 16.3. The summed E-state index contributed by atoms with van der Waals surface area (Å²) in [4.78, 5) is 36.5. The number of nitrogens with one attached hydrogen (secondary N) is 2. The van der Waals surface area contributed by atoms with Crippen LogP contribution >= 0.6 is 0 Å². The molecule has 0 aliphatic heterocycles. The van der Waals surface area contributed by atoms with E-state index in [2.05, 4.69) is 34.9 Å².